The van der Waals surface area contributed by atoms with Gasteiger partial charge in [-0.25, -0.2) is 9.13 Å². The summed E-state index contributed by atoms with van der Waals surface area (Å²) in [6.07, 6.45) is 7.67. The number of aromatic nitrogens is 3. The first kappa shape index (κ1) is 11.7. The lowest BCUT2D eigenvalue weighted by atomic mass is 10.2. The molecular formula is C15H16N3O+. The van der Waals surface area contributed by atoms with E-state index in [1.165, 1.54) is 0 Å². The van der Waals surface area contributed by atoms with Gasteiger partial charge < -0.3 is 4.40 Å². The Morgan fingerprint density at radius 1 is 1.32 bits per heavy atom. The smallest absolute Gasteiger partial charge is 0.243 e. The molecule has 0 radical (unpaired) electrons. The topological polar surface area (TPSA) is 30.3 Å². The minimum absolute atomic E-state index is 0.125. The molecule has 0 atom stereocenters. The van der Waals surface area contributed by atoms with E-state index in [0.717, 1.165) is 16.8 Å². The lowest BCUT2D eigenvalue weighted by Gasteiger charge is -2.02. The van der Waals surface area contributed by atoms with E-state index < -0.39 is 0 Å². The van der Waals surface area contributed by atoms with Crippen molar-refractivity contribution in [2.75, 3.05) is 0 Å². The summed E-state index contributed by atoms with van der Waals surface area (Å²) in [5, 5.41) is 0. The highest BCUT2D eigenvalue weighted by Crippen LogP contribution is 2.16. The summed E-state index contributed by atoms with van der Waals surface area (Å²) in [6, 6.07) is 7.98. The summed E-state index contributed by atoms with van der Waals surface area (Å²) in [5.41, 5.74) is 2.85. The first-order valence-corrected chi connectivity index (χ1v) is 6.26. The summed E-state index contributed by atoms with van der Waals surface area (Å²) in [6.45, 7) is 2.35. The van der Waals surface area contributed by atoms with Gasteiger partial charge in [-0.3, -0.25) is 4.79 Å². The molecule has 3 heterocycles. The van der Waals surface area contributed by atoms with Gasteiger partial charge in [-0.05, 0) is 30.7 Å². The first-order chi connectivity index (χ1) is 9.15. The molecule has 0 amide bonds. The van der Waals surface area contributed by atoms with Crippen LogP contribution in [0.4, 0.5) is 0 Å². The molecule has 4 nitrogen and oxygen atoms in total. The third-order valence-electron chi connectivity index (χ3n) is 3.28. The van der Waals surface area contributed by atoms with Crippen LogP contribution >= 0.6 is 0 Å². The number of imidazole rings is 1. The molecular weight excluding hydrogens is 238 g/mol. The Balaban J connectivity index is 1.99. The predicted molar refractivity (Wildman–Crippen MR) is 72.1 cm³/mol. The highest BCUT2D eigenvalue weighted by molar-refractivity contribution is 5.97. The SMILES string of the molecule is Cc1cc2ccccn2c1C(=O)Cn1cc[n+](C)c1. The van der Waals surface area contributed by atoms with Gasteiger partial charge in [0.2, 0.25) is 12.1 Å². The molecule has 0 unspecified atom stereocenters. The molecule has 0 fully saturated rings. The second-order valence-corrected chi connectivity index (χ2v) is 4.85. The lowest BCUT2D eigenvalue weighted by Crippen LogP contribution is -2.24. The largest absolute Gasteiger partial charge is 0.314 e. The average molecular weight is 254 g/mol. The van der Waals surface area contributed by atoms with Crippen LogP contribution in [-0.4, -0.2) is 14.8 Å². The highest BCUT2D eigenvalue weighted by Gasteiger charge is 2.17. The normalized spacial score (nSPS) is 11.1. The molecule has 0 bridgehead atoms. The third-order valence-corrected chi connectivity index (χ3v) is 3.28. The van der Waals surface area contributed by atoms with Crippen LogP contribution in [0.15, 0.2) is 49.2 Å². The van der Waals surface area contributed by atoms with E-state index >= 15 is 0 Å². The Labute approximate surface area is 111 Å². The minimum Gasteiger partial charge on any atom is -0.314 e. The van der Waals surface area contributed by atoms with Gasteiger partial charge in [0.1, 0.15) is 12.4 Å². The number of carbonyl (C=O) groups is 1. The van der Waals surface area contributed by atoms with Gasteiger partial charge in [0, 0.05) is 11.7 Å². The van der Waals surface area contributed by atoms with E-state index in [1.54, 1.807) is 0 Å². The maximum Gasteiger partial charge on any atom is 0.243 e. The molecule has 0 saturated carbocycles. The zero-order chi connectivity index (χ0) is 13.4. The Hall–Kier alpha value is -2.36. The fourth-order valence-electron chi connectivity index (χ4n) is 2.45. The Morgan fingerprint density at radius 2 is 2.16 bits per heavy atom. The molecule has 3 aromatic heterocycles. The summed E-state index contributed by atoms with van der Waals surface area (Å²) < 4.78 is 5.78. The van der Waals surface area contributed by atoms with E-state index in [4.69, 9.17) is 0 Å². The number of pyridine rings is 1. The molecule has 0 spiro atoms. The van der Waals surface area contributed by atoms with Crippen molar-refractivity contribution in [2.24, 2.45) is 7.05 Å². The van der Waals surface area contributed by atoms with E-state index in [9.17, 15) is 4.79 Å². The van der Waals surface area contributed by atoms with Crippen LogP contribution in [0, 0.1) is 6.92 Å². The number of carbonyl (C=O) groups excluding carboxylic acids is 1. The number of hydrogen-bond donors (Lipinski definition) is 0. The number of nitrogens with zero attached hydrogens (tertiary/aromatic N) is 3. The molecule has 0 aromatic carbocycles. The summed E-state index contributed by atoms with van der Waals surface area (Å²) in [4.78, 5) is 12.5. The molecule has 0 aliphatic carbocycles. The van der Waals surface area contributed by atoms with Crippen LogP contribution in [0.3, 0.4) is 0 Å². The molecule has 3 aromatic rings. The van der Waals surface area contributed by atoms with Gasteiger partial charge in [-0.1, -0.05) is 6.07 Å². The van der Waals surface area contributed by atoms with Crippen LogP contribution in [0.1, 0.15) is 16.1 Å². The van der Waals surface area contributed by atoms with Gasteiger partial charge in [0.15, 0.2) is 6.54 Å². The van der Waals surface area contributed by atoms with Gasteiger partial charge in [-0.15, -0.1) is 0 Å². The van der Waals surface area contributed by atoms with Crippen molar-refractivity contribution in [1.29, 1.82) is 0 Å². The third kappa shape index (κ3) is 2.05. The minimum atomic E-state index is 0.125. The van der Waals surface area contributed by atoms with E-state index in [-0.39, 0.29) is 5.78 Å². The molecule has 0 saturated heterocycles. The molecule has 0 N–H and O–H groups in total. The number of ketones is 1. The second kappa shape index (κ2) is 4.39. The quantitative estimate of drug-likeness (QED) is 0.517. The maximum absolute atomic E-state index is 12.5. The number of aryl methyl sites for hydroxylation is 2. The van der Waals surface area contributed by atoms with Gasteiger partial charge in [0.25, 0.3) is 0 Å². The molecule has 4 heteroatoms. The number of Topliss-reactive ketones (excluding diaryl/α,β-unsaturated/α-hetero) is 1. The van der Waals surface area contributed by atoms with E-state index in [1.807, 2.05) is 76.7 Å². The number of rotatable bonds is 3. The lowest BCUT2D eigenvalue weighted by molar-refractivity contribution is -0.671. The average Bonchev–Trinajstić information content (AvgIpc) is 2.91. The van der Waals surface area contributed by atoms with Gasteiger partial charge >= 0.3 is 0 Å². The predicted octanol–water partition coefficient (Wildman–Crippen LogP) is 1.76. The number of fused-ring (bicyclic) bond motifs is 1. The van der Waals surface area contributed by atoms with E-state index in [0.29, 0.717) is 6.54 Å². The summed E-state index contributed by atoms with van der Waals surface area (Å²) >= 11 is 0. The zero-order valence-corrected chi connectivity index (χ0v) is 11.1. The van der Waals surface area contributed by atoms with Crippen LogP contribution in [-0.2, 0) is 13.6 Å². The van der Waals surface area contributed by atoms with E-state index in [2.05, 4.69) is 0 Å². The Morgan fingerprint density at radius 3 is 2.89 bits per heavy atom. The first-order valence-electron chi connectivity index (χ1n) is 6.26. The zero-order valence-electron chi connectivity index (χ0n) is 11.1. The van der Waals surface area contributed by atoms with Crippen molar-refractivity contribution >= 4 is 11.3 Å². The highest BCUT2D eigenvalue weighted by atomic mass is 16.1. The molecule has 0 aliphatic rings. The molecule has 96 valence electrons. The molecule has 0 aliphatic heterocycles. The monoisotopic (exact) mass is 254 g/mol. The fraction of sp³-hybridized carbons (Fsp3) is 0.200. The molecule has 19 heavy (non-hydrogen) atoms. The van der Waals surface area contributed by atoms with Crippen LogP contribution < -0.4 is 4.57 Å². The van der Waals surface area contributed by atoms with Crippen molar-refractivity contribution in [2.45, 2.75) is 13.5 Å². The summed E-state index contributed by atoms with van der Waals surface area (Å²) in [7, 11) is 1.94. The van der Waals surface area contributed by atoms with Crippen molar-refractivity contribution < 1.29 is 9.36 Å². The number of hydrogen-bond acceptors (Lipinski definition) is 1. The van der Waals surface area contributed by atoms with Crippen molar-refractivity contribution in [3.63, 3.8) is 0 Å². The summed E-state index contributed by atoms with van der Waals surface area (Å²) in [5.74, 6) is 0.125. The Bertz CT molecular complexity index is 752. The Kier molecular flexibility index (Phi) is 2.71. The van der Waals surface area contributed by atoms with Gasteiger partial charge in [0.05, 0.1) is 12.7 Å². The van der Waals surface area contributed by atoms with Crippen LogP contribution in [0.5, 0.6) is 0 Å². The van der Waals surface area contributed by atoms with Crippen molar-refractivity contribution in [3.05, 3.63) is 60.4 Å². The second-order valence-electron chi connectivity index (χ2n) is 4.85. The standard InChI is InChI=1S/C15H16N3O/c1-12-9-13-5-3-4-6-18(13)15(12)14(19)10-17-8-7-16(2)11-17/h3-9,11H,10H2,1-2H3/q+1. The van der Waals surface area contributed by atoms with Crippen molar-refractivity contribution in [3.8, 4) is 0 Å². The van der Waals surface area contributed by atoms with Crippen molar-refractivity contribution in [1.82, 2.24) is 8.97 Å². The van der Waals surface area contributed by atoms with Crippen LogP contribution in [0.25, 0.3) is 5.52 Å². The van der Waals surface area contributed by atoms with Crippen LogP contribution in [0.2, 0.25) is 0 Å². The molecule has 3 rings (SSSR count). The van der Waals surface area contributed by atoms with Gasteiger partial charge in [-0.2, -0.15) is 0 Å². The fourth-order valence-corrected chi connectivity index (χ4v) is 2.45. The maximum atomic E-state index is 12.5.